The van der Waals surface area contributed by atoms with E-state index in [9.17, 15) is 8.78 Å². The smallest absolute Gasteiger partial charge is 0 e. The van der Waals surface area contributed by atoms with E-state index >= 15 is 0 Å². The molecule has 3 heterocycles. The van der Waals surface area contributed by atoms with E-state index in [4.69, 9.17) is 4.42 Å². The molecule has 261 valence electrons. The molecule has 0 bridgehead atoms. The predicted molar refractivity (Wildman–Crippen MR) is 203 cm³/mol. The fraction of sp³-hybridized carbons (Fsp3) is 0.227. The van der Waals surface area contributed by atoms with Crippen molar-refractivity contribution in [2.45, 2.75) is 55.8 Å². The first-order valence-corrected chi connectivity index (χ1v) is 24.8. The van der Waals surface area contributed by atoms with Gasteiger partial charge in [0, 0.05) is 37.3 Å². The van der Waals surface area contributed by atoms with Crippen LogP contribution in [-0.4, -0.2) is 23.2 Å². The summed E-state index contributed by atoms with van der Waals surface area (Å²) in [5, 5.41) is 1.87. The van der Waals surface area contributed by atoms with Crippen LogP contribution in [0.25, 0.3) is 55.6 Å². The van der Waals surface area contributed by atoms with E-state index in [2.05, 4.69) is 63.6 Å². The standard InChI is InChI=1S/C30H24F2NO.C14H16GeN.Ir/c31-22-10-12-27(32)26(18-22)21-9-11-23-24-7-4-8-25(30(24)34-29(23)17-21)28-16-20(13-14-33-28)15-19-5-2-1-3-6-19;1-15(2,3)13-9-10-14(16-11-13)12-7-5-4-6-8-12;/h4,7,9-14,16-19H,1-3,5-6,15H2;4-7,9-11H,1-3H3;/q2*-1;. The topological polar surface area (TPSA) is 38.9 Å². The zero-order valence-electron chi connectivity index (χ0n) is 29.1. The first-order chi connectivity index (χ1) is 24.2. The Morgan fingerprint density at radius 3 is 2.37 bits per heavy atom. The van der Waals surface area contributed by atoms with Crippen LogP contribution in [0, 0.1) is 29.7 Å². The summed E-state index contributed by atoms with van der Waals surface area (Å²) in [5.41, 5.74) is 7.14. The monoisotopic (exact) mass is 917 g/mol. The number of benzene rings is 4. The van der Waals surface area contributed by atoms with Gasteiger partial charge in [0.05, 0.1) is 5.58 Å². The van der Waals surface area contributed by atoms with Crippen molar-refractivity contribution in [3.63, 3.8) is 0 Å². The van der Waals surface area contributed by atoms with Gasteiger partial charge in [-0.2, -0.15) is 0 Å². The van der Waals surface area contributed by atoms with E-state index in [0.29, 0.717) is 16.7 Å². The minimum atomic E-state index is -1.72. The summed E-state index contributed by atoms with van der Waals surface area (Å²) >= 11 is -1.72. The van der Waals surface area contributed by atoms with Gasteiger partial charge in [0.2, 0.25) is 0 Å². The van der Waals surface area contributed by atoms with Gasteiger partial charge in [0.25, 0.3) is 0 Å². The second kappa shape index (κ2) is 16.1. The summed E-state index contributed by atoms with van der Waals surface area (Å²) in [6.45, 7) is 0. The fourth-order valence-corrected chi connectivity index (χ4v) is 9.00. The van der Waals surface area contributed by atoms with Crippen molar-refractivity contribution in [3.8, 4) is 33.6 Å². The molecule has 4 aromatic carbocycles. The van der Waals surface area contributed by atoms with Crippen LogP contribution in [0.1, 0.15) is 37.7 Å². The summed E-state index contributed by atoms with van der Waals surface area (Å²) in [6, 6.07) is 35.9. The first-order valence-electron chi connectivity index (χ1n) is 17.4. The largest absolute Gasteiger partial charge is 0 e. The quantitative estimate of drug-likeness (QED) is 0.123. The third-order valence-corrected chi connectivity index (χ3v) is 13.9. The number of pyridine rings is 2. The van der Waals surface area contributed by atoms with Gasteiger partial charge in [-0.15, -0.1) is 18.2 Å². The molecule has 1 aliphatic carbocycles. The Morgan fingerprint density at radius 1 is 0.784 bits per heavy atom. The van der Waals surface area contributed by atoms with Crippen molar-refractivity contribution >= 4 is 39.6 Å². The Hall–Kier alpha value is -3.97. The van der Waals surface area contributed by atoms with Crippen LogP contribution in [0.2, 0.25) is 17.3 Å². The predicted octanol–water partition coefficient (Wildman–Crippen LogP) is 11.6. The molecule has 8 rings (SSSR count). The zero-order valence-corrected chi connectivity index (χ0v) is 33.6. The third-order valence-electron chi connectivity index (χ3n) is 9.62. The van der Waals surface area contributed by atoms with E-state index in [0.717, 1.165) is 57.8 Å². The molecule has 51 heavy (non-hydrogen) atoms. The van der Waals surface area contributed by atoms with E-state index in [1.807, 2.05) is 54.9 Å². The van der Waals surface area contributed by atoms with Gasteiger partial charge in [-0.1, -0.05) is 66.8 Å². The van der Waals surface area contributed by atoms with Gasteiger partial charge in [-0.05, 0) is 53.9 Å². The number of hydrogen-bond donors (Lipinski definition) is 0. The minimum Gasteiger partial charge on any atom is 0 e. The molecule has 7 aromatic rings. The average molecular weight is 916 g/mol. The summed E-state index contributed by atoms with van der Waals surface area (Å²) in [4.78, 5) is 9.16. The average Bonchev–Trinajstić information content (AvgIpc) is 3.52. The molecule has 3 nitrogen and oxygen atoms in total. The number of nitrogens with zero attached hydrogens (tertiary/aromatic N) is 2. The Labute approximate surface area is 315 Å². The van der Waals surface area contributed by atoms with Gasteiger partial charge in [-0.3, -0.25) is 0 Å². The maximum atomic E-state index is 14.3. The van der Waals surface area contributed by atoms with E-state index in [1.54, 1.807) is 12.1 Å². The van der Waals surface area contributed by atoms with Crippen molar-refractivity contribution in [1.82, 2.24) is 9.97 Å². The molecular weight excluding hydrogens is 875 g/mol. The van der Waals surface area contributed by atoms with Crippen LogP contribution in [0.5, 0.6) is 0 Å². The first kappa shape index (κ1) is 36.8. The molecule has 0 saturated heterocycles. The van der Waals surface area contributed by atoms with Gasteiger partial charge in [-0.25, -0.2) is 8.78 Å². The van der Waals surface area contributed by atoms with E-state index in [1.165, 1.54) is 48.1 Å². The van der Waals surface area contributed by atoms with Crippen molar-refractivity contribution in [2.24, 2.45) is 5.92 Å². The Kier molecular flexibility index (Phi) is 11.7. The molecule has 0 aliphatic heterocycles. The molecule has 0 spiro atoms. The number of rotatable bonds is 6. The molecule has 1 saturated carbocycles. The zero-order chi connectivity index (χ0) is 34.7. The second-order valence-corrected chi connectivity index (χ2v) is 24.9. The van der Waals surface area contributed by atoms with Gasteiger partial charge in [0.15, 0.2) is 0 Å². The van der Waals surface area contributed by atoms with Gasteiger partial charge in [0.1, 0.15) is 17.2 Å². The summed E-state index contributed by atoms with van der Waals surface area (Å²) in [6.07, 6.45) is 11.6. The van der Waals surface area contributed by atoms with Crippen molar-refractivity contribution in [3.05, 3.63) is 139 Å². The normalized spacial score (nSPS) is 13.4. The van der Waals surface area contributed by atoms with Crippen LogP contribution in [0.3, 0.4) is 0 Å². The van der Waals surface area contributed by atoms with E-state index in [-0.39, 0.29) is 25.7 Å². The molecule has 0 amide bonds. The molecule has 1 fully saturated rings. The Morgan fingerprint density at radius 2 is 1.63 bits per heavy atom. The van der Waals surface area contributed by atoms with Crippen LogP contribution in [0.15, 0.2) is 114 Å². The molecule has 3 aromatic heterocycles. The SMILES string of the molecule is Fc1ccc(F)c(-c2ccc3c(c2)oc2c(-c4cc(CC5CCCCC5)ccn4)[c-]ccc23)c1.[CH3][Ge]([CH3])([CH3])[c]1ccc(-c2[c-]cccc2)nc1.[Ir]. The molecule has 0 N–H and O–H groups in total. The minimum absolute atomic E-state index is 0. The van der Waals surface area contributed by atoms with Crippen LogP contribution < -0.4 is 4.40 Å². The number of hydrogen-bond acceptors (Lipinski definition) is 3. The number of aromatic nitrogens is 2. The molecule has 0 atom stereocenters. The van der Waals surface area contributed by atoms with Gasteiger partial charge < -0.3 is 9.40 Å². The van der Waals surface area contributed by atoms with Crippen molar-refractivity contribution in [1.29, 1.82) is 0 Å². The van der Waals surface area contributed by atoms with E-state index < -0.39 is 24.9 Å². The maximum Gasteiger partial charge on any atom is 0 e. The summed E-state index contributed by atoms with van der Waals surface area (Å²) in [5.74, 6) is 6.95. The van der Waals surface area contributed by atoms with Crippen molar-refractivity contribution < 1.29 is 33.3 Å². The number of fused-ring (bicyclic) bond motifs is 3. The van der Waals surface area contributed by atoms with Crippen LogP contribution >= 0.6 is 0 Å². The number of halogens is 2. The van der Waals surface area contributed by atoms with Gasteiger partial charge >= 0.3 is 99.8 Å². The molecule has 1 aliphatic rings. The summed E-state index contributed by atoms with van der Waals surface area (Å²) in [7, 11) is 0. The second-order valence-electron chi connectivity index (χ2n) is 14.2. The molecule has 7 heteroatoms. The summed E-state index contributed by atoms with van der Waals surface area (Å²) < 4.78 is 35.8. The molecular formula is C44H40F2GeIrN2O-2. The molecule has 0 unspecified atom stereocenters. The number of furan rings is 1. The maximum absolute atomic E-state index is 14.3. The Bertz CT molecular complexity index is 2240. The molecule has 1 radical (unpaired) electrons. The third kappa shape index (κ3) is 8.57. The fourth-order valence-electron chi connectivity index (χ4n) is 6.83. The van der Waals surface area contributed by atoms with Crippen LogP contribution in [-0.2, 0) is 26.5 Å². The van der Waals surface area contributed by atoms with Crippen molar-refractivity contribution in [2.75, 3.05) is 0 Å². The Balaban J connectivity index is 0.000000222. The van der Waals surface area contributed by atoms with Crippen LogP contribution in [0.4, 0.5) is 8.78 Å².